The fourth-order valence-corrected chi connectivity index (χ4v) is 3.98. The fourth-order valence-electron chi connectivity index (χ4n) is 3.67. The molecule has 0 unspecified atom stereocenters. The highest BCUT2D eigenvalue weighted by atomic mass is 32.1. The third-order valence-electron chi connectivity index (χ3n) is 5.06. The molecule has 1 aromatic carbocycles. The summed E-state index contributed by atoms with van der Waals surface area (Å²) in [7, 11) is 0. The molecule has 10 heteroatoms. The molecule has 3 heterocycles. The van der Waals surface area contributed by atoms with Gasteiger partial charge in [0.15, 0.2) is 5.11 Å². The average Bonchev–Trinajstić information content (AvgIpc) is 3.40. The largest absolute Gasteiger partial charge is 0.465 e. The van der Waals surface area contributed by atoms with Crippen LogP contribution in [0.25, 0.3) is 11.3 Å². The first-order chi connectivity index (χ1) is 15.5. The molecule has 9 nitrogen and oxygen atoms in total. The molecule has 0 spiro atoms. The molecular weight excluding hydrogens is 432 g/mol. The Morgan fingerprint density at radius 2 is 2.12 bits per heavy atom. The van der Waals surface area contributed by atoms with E-state index >= 15 is 0 Å². The van der Waals surface area contributed by atoms with Crippen molar-refractivity contribution in [1.82, 2.24) is 15.2 Å². The maximum Gasteiger partial charge on any atom is 0.325 e. The summed E-state index contributed by atoms with van der Waals surface area (Å²) in [6.07, 6.45) is 1.68. The van der Waals surface area contributed by atoms with Crippen molar-refractivity contribution in [2.45, 2.75) is 19.0 Å². The quantitative estimate of drug-likeness (QED) is 0.248. The highest BCUT2D eigenvalue weighted by Gasteiger charge is 2.42. The van der Waals surface area contributed by atoms with Crippen LogP contribution in [0.4, 0.5) is 5.69 Å². The van der Waals surface area contributed by atoms with Gasteiger partial charge >= 0.3 is 5.97 Å². The standard InChI is InChI=1S/C22H20N4O5S/c1-2-30-19(27)13-25-21(20(24-22(25)32)16-8-3-4-11-23-16)18-10-9-17(31-18)14-6-5-7-15(12-14)26(28)29/h3-12,20-21H,2,13H2,1H3,(H,24,32)/t20-,21-/m0/s1. The number of hydrogen-bond acceptors (Lipinski definition) is 7. The summed E-state index contributed by atoms with van der Waals surface area (Å²) < 4.78 is 11.2. The number of nitro groups is 1. The van der Waals surface area contributed by atoms with Gasteiger partial charge in [0.1, 0.15) is 24.1 Å². The minimum absolute atomic E-state index is 0.0283. The Morgan fingerprint density at radius 1 is 1.28 bits per heavy atom. The second kappa shape index (κ2) is 9.15. The van der Waals surface area contributed by atoms with Crippen molar-refractivity contribution in [2.75, 3.05) is 13.2 Å². The second-order valence-corrected chi connectivity index (χ2v) is 7.46. The molecule has 0 aliphatic carbocycles. The SMILES string of the molecule is CCOC(=O)CN1C(=S)N[C@@H](c2ccccn2)[C@@H]1c1ccc(-c2cccc([N+](=O)[O-])c2)o1. The van der Waals surface area contributed by atoms with E-state index in [-0.39, 0.29) is 24.9 Å². The van der Waals surface area contributed by atoms with Crippen LogP contribution in [0.1, 0.15) is 30.5 Å². The highest BCUT2D eigenvalue weighted by Crippen LogP contribution is 2.40. The molecule has 0 radical (unpaired) electrons. The number of benzene rings is 1. The maximum absolute atomic E-state index is 12.2. The van der Waals surface area contributed by atoms with E-state index < -0.39 is 16.9 Å². The van der Waals surface area contributed by atoms with Gasteiger partial charge in [0.05, 0.1) is 23.3 Å². The minimum Gasteiger partial charge on any atom is -0.465 e. The van der Waals surface area contributed by atoms with Crippen LogP contribution in [-0.2, 0) is 9.53 Å². The second-order valence-electron chi connectivity index (χ2n) is 7.07. The third-order valence-corrected chi connectivity index (χ3v) is 5.41. The number of nitrogens with one attached hydrogen (secondary N) is 1. The molecule has 1 N–H and O–H groups in total. The van der Waals surface area contributed by atoms with Gasteiger partial charge in [-0.05, 0) is 43.4 Å². The van der Waals surface area contributed by atoms with E-state index in [2.05, 4.69) is 10.3 Å². The van der Waals surface area contributed by atoms with Crippen molar-refractivity contribution in [3.63, 3.8) is 0 Å². The summed E-state index contributed by atoms with van der Waals surface area (Å²) in [4.78, 5) is 29.1. The Balaban J connectivity index is 1.71. The maximum atomic E-state index is 12.2. The van der Waals surface area contributed by atoms with Crippen molar-refractivity contribution < 1.29 is 18.9 Å². The first-order valence-electron chi connectivity index (χ1n) is 9.96. The molecular formula is C22H20N4O5S. The van der Waals surface area contributed by atoms with Crippen LogP contribution < -0.4 is 5.32 Å². The van der Waals surface area contributed by atoms with Crippen molar-refractivity contribution in [2.24, 2.45) is 0 Å². The van der Waals surface area contributed by atoms with Gasteiger partial charge in [-0.2, -0.15) is 0 Å². The van der Waals surface area contributed by atoms with Gasteiger partial charge in [-0.1, -0.05) is 18.2 Å². The molecule has 1 fully saturated rings. The van der Waals surface area contributed by atoms with Gasteiger partial charge in [-0.25, -0.2) is 0 Å². The van der Waals surface area contributed by atoms with Crippen LogP contribution >= 0.6 is 12.2 Å². The summed E-state index contributed by atoms with van der Waals surface area (Å²) >= 11 is 5.51. The number of aromatic nitrogens is 1. The predicted molar refractivity (Wildman–Crippen MR) is 120 cm³/mol. The molecule has 2 atom stereocenters. The molecule has 1 saturated heterocycles. The topological polar surface area (TPSA) is 111 Å². The number of rotatable bonds is 7. The molecule has 32 heavy (non-hydrogen) atoms. The number of pyridine rings is 1. The van der Waals surface area contributed by atoms with E-state index in [0.29, 0.717) is 22.2 Å². The van der Waals surface area contributed by atoms with Crippen LogP contribution in [0, 0.1) is 10.1 Å². The molecule has 2 aromatic heterocycles. The van der Waals surface area contributed by atoms with Crippen LogP contribution in [0.2, 0.25) is 0 Å². The number of ether oxygens (including phenoxy) is 1. The lowest BCUT2D eigenvalue weighted by atomic mass is 10.0. The van der Waals surface area contributed by atoms with Crippen molar-refractivity contribution in [1.29, 1.82) is 0 Å². The van der Waals surface area contributed by atoms with Crippen molar-refractivity contribution >= 4 is 29.0 Å². The lowest BCUT2D eigenvalue weighted by molar-refractivity contribution is -0.384. The molecule has 164 valence electrons. The van der Waals surface area contributed by atoms with E-state index in [1.54, 1.807) is 42.3 Å². The first-order valence-corrected chi connectivity index (χ1v) is 10.4. The van der Waals surface area contributed by atoms with Gasteiger partial charge in [0.25, 0.3) is 5.69 Å². The zero-order valence-corrected chi connectivity index (χ0v) is 18.0. The van der Waals surface area contributed by atoms with Crippen LogP contribution in [0.15, 0.2) is 65.2 Å². The third kappa shape index (κ3) is 4.30. The zero-order valence-electron chi connectivity index (χ0n) is 17.1. The first kappa shape index (κ1) is 21.4. The normalized spacial score (nSPS) is 17.8. The summed E-state index contributed by atoms with van der Waals surface area (Å²) in [6, 6.07) is 14.5. The summed E-state index contributed by atoms with van der Waals surface area (Å²) in [5, 5.41) is 14.7. The summed E-state index contributed by atoms with van der Waals surface area (Å²) in [5.74, 6) is 0.602. The number of carbonyl (C=O) groups is 1. The number of hydrogen-bond donors (Lipinski definition) is 1. The van der Waals surface area contributed by atoms with E-state index in [1.165, 1.54) is 12.1 Å². The van der Waals surface area contributed by atoms with Crippen LogP contribution in [-0.4, -0.2) is 39.0 Å². The van der Waals surface area contributed by atoms with E-state index in [0.717, 1.165) is 5.69 Å². The number of nitro benzene ring substituents is 1. The molecule has 0 saturated carbocycles. The van der Waals surface area contributed by atoms with Gasteiger partial charge in [-0.15, -0.1) is 0 Å². The van der Waals surface area contributed by atoms with E-state index in [4.69, 9.17) is 21.4 Å². The summed E-state index contributed by atoms with van der Waals surface area (Å²) in [6.45, 7) is 1.95. The van der Waals surface area contributed by atoms with Crippen molar-refractivity contribution in [3.8, 4) is 11.3 Å². The van der Waals surface area contributed by atoms with Crippen molar-refractivity contribution in [3.05, 3.63) is 82.4 Å². The van der Waals surface area contributed by atoms with E-state index in [9.17, 15) is 14.9 Å². The fraction of sp³-hybridized carbons (Fsp3) is 0.227. The number of carbonyl (C=O) groups excluding carboxylic acids is 1. The average molecular weight is 452 g/mol. The van der Waals surface area contributed by atoms with Gasteiger partial charge in [0, 0.05) is 23.9 Å². The van der Waals surface area contributed by atoms with Crippen LogP contribution in [0.5, 0.6) is 0 Å². The van der Waals surface area contributed by atoms with Crippen LogP contribution in [0.3, 0.4) is 0 Å². The van der Waals surface area contributed by atoms with Gasteiger partial charge < -0.3 is 19.4 Å². The smallest absolute Gasteiger partial charge is 0.325 e. The predicted octanol–water partition coefficient (Wildman–Crippen LogP) is 3.79. The van der Waals surface area contributed by atoms with E-state index in [1.807, 2.05) is 18.2 Å². The Morgan fingerprint density at radius 3 is 2.84 bits per heavy atom. The number of nitrogens with zero attached hydrogens (tertiary/aromatic N) is 3. The Kier molecular flexibility index (Phi) is 6.13. The number of esters is 1. The molecule has 3 aromatic rings. The Labute approximate surface area is 189 Å². The number of furan rings is 1. The molecule has 1 aliphatic heterocycles. The van der Waals surface area contributed by atoms with Gasteiger partial charge in [-0.3, -0.25) is 19.9 Å². The lowest BCUT2D eigenvalue weighted by Crippen LogP contribution is -2.35. The molecule has 1 aliphatic rings. The molecule has 0 amide bonds. The minimum atomic E-state index is -0.464. The molecule has 0 bridgehead atoms. The zero-order chi connectivity index (χ0) is 22.7. The lowest BCUT2D eigenvalue weighted by Gasteiger charge is -2.25. The highest BCUT2D eigenvalue weighted by molar-refractivity contribution is 7.80. The number of non-ortho nitro benzene ring substituents is 1. The Bertz CT molecular complexity index is 1150. The monoisotopic (exact) mass is 452 g/mol. The Hall–Kier alpha value is -3.79. The molecule has 4 rings (SSSR count). The summed E-state index contributed by atoms with van der Waals surface area (Å²) in [5.41, 5.74) is 1.28. The number of thiocarbonyl (C=S) groups is 1. The van der Waals surface area contributed by atoms with Gasteiger partial charge in [0.2, 0.25) is 0 Å².